The Morgan fingerprint density at radius 1 is 1.26 bits per heavy atom. The molecule has 0 aliphatic rings. The number of hydrogen-bond donors (Lipinski definition) is 2. The van der Waals surface area contributed by atoms with Crippen molar-refractivity contribution in [2.24, 2.45) is 0 Å². The molecule has 96 valence electrons. The highest BCUT2D eigenvalue weighted by molar-refractivity contribution is 7.98. The van der Waals surface area contributed by atoms with Crippen LogP contribution in [-0.4, -0.2) is 30.4 Å². The fourth-order valence-corrected chi connectivity index (χ4v) is 2.34. The van der Waals surface area contributed by atoms with Crippen LogP contribution < -0.4 is 0 Å². The minimum atomic E-state index is 0.672. The molecule has 7 heteroatoms. The van der Waals surface area contributed by atoms with Crippen molar-refractivity contribution in [1.29, 1.82) is 0 Å². The maximum absolute atomic E-state index is 4.46. The van der Waals surface area contributed by atoms with E-state index in [-0.39, 0.29) is 0 Å². The van der Waals surface area contributed by atoms with E-state index in [2.05, 4.69) is 49.4 Å². The van der Waals surface area contributed by atoms with Gasteiger partial charge in [0.2, 0.25) is 5.16 Å². The first-order valence-electron chi connectivity index (χ1n) is 5.78. The Hall–Kier alpha value is -2.15. The molecule has 0 radical (unpaired) electrons. The Morgan fingerprint density at radius 3 is 3.00 bits per heavy atom. The quantitative estimate of drug-likeness (QED) is 0.711. The molecule has 2 heterocycles. The summed E-state index contributed by atoms with van der Waals surface area (Å²) in [4.78, 5) is 8.51. The molecule has 6 nitrogen and oxygen atoms in total. The minimum Gasteiger partial charge on any atom is -0.263 e. The summed E-state index contributed by atoms with van der Waals surface area (Å²) in [7, 11) is 0. The van der Waals surface area contributed by atoms with E-state index >= 15 is 0 Å². The Labute approximate surface area is 114 Å². The fraction of sp³-hybridized carbons (Fsp3) is 0.167. The lowest BCUT2D eigenvalue weighted by Crippen LogP contribution is -1.85. The van der Waals surface area contributed by atoms with Crippen LogP contribution in [0.15, 0.2) is 35.7 Å². The van der Waals surface area contributed by atoms with Crippen LogP contribution >= 0.6 is 11.8 Å². The van der Waals surface area contributed by atoms with Crippen LogP contribution in [-0.2, 0) is 5.75 Å². The van der Waals surface area contributed by atoms with Gasteiger partial charge in [-0.1, -0.05) is 35.5 Å². The summed E-state index contributed by atoms with van der Waals surface area (Å²) in [5.74, 6) is 2.26. The summed E-state index contributed by atoms with van der Waals surface area (Å²) in [6, 6.07) is 8.15. The highest BCUT2D eigenvalue weighted by Gasteiger charge is 2.07. The van der Waals surface area contributed by atoms with Gasteiger partial charge in [0, 0.05) is 5.56 Å². The molecule has 0 spiro atoms. The smallest absolute Gasteiger partial charge is 0.209 e. The zero-order valence-corrected chi connectivity index (χ0v) is 11.1. The first-order chi connectivity index (χ1) is 9.31. The van der Waals surface area contributed by atoms with E-state index in [9.17, 15) is 0 Å². The molecule has 0 unspecified atom stereocenters. The van der Waals surface area contributed by atoms with Crippen molar-refractivity contribution in [2.75, 3.05) is 0 Å². The number of aromatic nitrogens is 6. The van der Waals surface area contributed by atoms with Gasteiger partial charge in [-0.25, -0.2) is 9.97 Å². The second-order valence-electron chi connectivity index (χ2n) is 4.06. The standard InChI is InChI=1S/C12H12N6S/c1-8-3-2-4-9(5-8)11-15-12(18-17-11)19-6-10-13-7-14-16-10/h2-5,7H,6H2,1H3,(H,13,14,16)(H,15,17,18). The van der Waals surface area contributed by atoms with E-state index in [4.69, 9.17) is 0 Å². The van der Waals surface area contributed by atoms with Crippen LogP contribution in [0.25, 0.3) is 11.4 Å². The molecule has 0 atom stereocenters. The average molecular weight is 272 g/mol. The number of hydrogen-bond acceptors (Lipinski definition) is 5. The maximum atomic E-state index is 4.46. The molecule has 19 heavy (non-hydrogen) atoms. The van der Waals surface area contributed by atoms with Crippen LogP contribution in [0.3, 0.4) is 0 Å². The third-order valence-corrected chi connectivity index (χ3v) is 3.42. The zero-order chi connectivity index (χ0) is 13.1. The summed E-state index contributed by atoms with van der Waals surface area (Å²) in [5, 5.41) is 14.4. The molecule has 2 N–H and O–H groups in total. The largest absolute Gasteiger partial charge is 0.263 e. The Balaban J connectivity index is 1.72. The molecule has 3 aromatic rings. The number of benzene rings is 1. The van der Waals surface area contributed by atoms with E-state index in [0.717, 1.165) is 17.2 Å². The van der Waals surface area contributed by atoms with E-state index in [1.807, 2.05) is 12.1 Å². The summed E-state index contributed by atoms with van der Waals surface area (Å²) in [5.41, 5.74) is 2.24. The van der Waals surface area contributed by atoms with Gasteiger partial charge in [-0.05, 0) is 13.0 Å². The average Bonchev–Trinajstić information content (AvgIpc) is 3.08. The Bertz CT molecular complexity index is 660. The molecule has 0 bridgehead atoms. The first-order valence-corrected chi connectivity index (χ1v) is 6.76. The SMILES string of the molecule is Cc1cccc(-c2nc(SCc3ncn[nH]3)n[nH]2)c1. The van der Waals surface area contributed by atoms with Crippen LogP contribution in [0.1, 0.15) is 11.4 Å². The molecular formula is C12H12N6S. The number of aromatic amines is 2. The molecule has 0 saturated carbocycles. The molecule has 1 aromatic carbocycles. The van der Waals surface area contributed by atoms with Gasteiger partial charge in [0.1, 0.15) is 12.2 Å². The molecular weight excluding hydrogens is 260 g/mol. The van der Waals surface area contributed by atoms with E-state index in [1.54, 1.807) is 0 Å². The lowest BCUT2D eigenvalue weighted by atomic mass is 10.1. The second kappa shape index (κ2) is 5.23. The van der Waals surface area contributed by atoms with Crippen LogP contribution in [0, 0.1) is 6.92 Å². The van der Waals surface area contributed by atoms with Crippen molar-refractivity contribution < 1.29 is 0 Å². The molecule has 0 saturated heterocycles. The summed E-state index contributed by atoms with van der Waals surface area (Å²) < 4.78 is 0. The topological polar surface area (TPSA) is 83.1 Å². The predicted molar refractivity (Wildman–Crippen MR) is 72.5 cm³/mol. The number of nitrogens with zero attached hydrogens (tertiary/aromatic N) is 4. The number of nitrogens with one attached hydrogen (secondary N) is 2. The molecule has 0 aliphatic heterocycles. The minimum absolute atomic E-state index is 0.672. The van der Waals surface area contributed by atoms with E-state index in [1.165, 1.54) is 23.7 Å². The summed E-state index contributed by atoms with van der Waals surface area (Å²) in [6.45, 7) is 2.05. The molecule has 2 aromatic heterocycles. The van der Waals surface area contributed by atoms with E-state index < -0.39 is 0 Å². The third-order valence-electron chi connectivity index (χ3n) is 2.56. The van der Waals surface area contributed by atoms with Crippen molar-refractivity contribution in [3.05, 3.63) is 42.0 Å². The van der Waals surface area contributed by atoms with Crippen LogP contribution in [0.4, 0.5) is 0 Å². The lowest BCUT2D eigenvalue weighted by molar-refractivity contribution is 0.966. The van der Waals surface area contributed by atoms with Crippen molar-refractivity contribution >= 4 is 11.8 Å². The number of H-pyrrole nitrogens is 2. The van der Waals surface area contributed by atoms with Crippen molar-refractivity contribution in [1.82, 2.24) is 30.4 Å². The second-order valence-corrected chi connectivity index (χ2v) is 5.00. The number of aryl methyl sites for hydroxylation is 1. The van der Waals surface area contributed by atoms with Crippen molar-refractivity contribution in [2.45, 2.75) is 17.8 Å². The van der Waals surface area contributed by atoms with Crippen molar-refractivity contribution in [3.8, 4) is 11.4 Å². The fourth-order valence-electron chi connectivity index (χ4n) is 1.67. The Morgan fingerprint density at radius 2 is 2.21 bits per heavy atom. The highest BCUT2D eigenvalue weighted by atomic mass is 32.2. The van der Waals surface area contributed by atoms with Gasteiger partial charge < -0.3 is 0 Å². The molecule has 0 fully saturated rings. The zero-order valence-electron chi connectivity index (χ0n) is 10.3. The summed E-state index contributed by atoms with van der Waals surface area (Å²) >= 11 is 1.51. The van der Waals surface area contributed by atoms with Gasteiger partial charge in [0.05, 0.1) is 5.75 Å². The third kappa shape index (κ3) is 2.82. The molecule has 0 aliphatic carbocycles. The van der Waals surface area contributed by atoms with E-state index in [0.29, 0.717) is 10.9 Å². The monoisotopic (exact) mass is 272 g/mol. The van der Waals surface area contributed by atoms with Gasteiger partial charge in [0.15, 0.2) is 5.82 Å². The lowest BCUT2D eigenvalue weighted by Gasteiger charge is -1.96. The summed E-state index contributed by atoms with van der Waals surface area (Å²) in [6.07, 6.45) is 1.49. The molecule has 0 amide bonds. The number of rotatable bonds is 4. The van der Waals surface area contributed by atoms with Gasteiger partial charge in [-0.15, -0.1) is 5.10 Å². The maximum Gasteiger partial charge on any atom is 0.209 e. The molecule has 3 rings (SSSR count). The van der Waals surface area contributed by atoms with Gasteiger partial charge in [-0.3, -0.25) is 10.2 Å². The van der Waals surface area contributed by atoms with Crippen LogP contribution in [0.5, 0.6) is 0 Å². The highest BCUT2D eigenvalue weighted by Crippen LogP contribution is 2.21. The first kappa shape index (κ1) is 11.9. The van der Waals surface area contributed by atoms with Gasteiger partial charge >= 0.3 is 0 Å². The van der Waals surface area contributed by atoms with Crippen LogP contribution in [0.2, 0.25) is 0 Å². The van der Waals surface area contributed by atoms with Crippen molar-refractivity contribution in [3.63, 3.8) is 0 Å². The normalized spacial score (nSPS) is 10.8. The van der Waals surface area contributed by atoms with Gasteiger partial charge in [-0.2, -0.15) is 5.10 Å². The van der Waals surface area contributed by atoms with Gasteiger partial charge in [0.25, 0.3) is 0 Å². The predicted octanol–water partition coefficient (Wildman–Crippen LogP) is 2.19. The number of thioether (sulfide) groups is 1. The Kier molecular flexibility index (Phi) is 3.28.